The lowest BCUT2D eigenvalue weighted by molar-refractivity contribution is 0.339. The third-order valence-corrected chi connectivity index (χ3v) is 3.66. The first-order valence-electron chi connectivity index (χ1n) is 6.83. The minimum absolute atomic E-state index is 0.185. The number of anilines is 1. The molecule has 0 spiro atoms. The monoisotopic (exact) mass is 290 g/mol. The first-order valence-corrected chi connectivity index (χ1v) is 6.83. The summed E-state index contributed by atoms with van der Waals surface area (Å²) in [5.41, 5.74) is 2.24. The SMILES string of the molecule is COc1nc(OC)nc(N2CCCC2c2[nH]ncc2C)n1. The molecule has 1 unspecified atom stereocenters. The van der Waals surface area contributed by atoms with Crippen molar-refractivity contribution in [2.45, 2.75) is 25.8 Å². The van der Waals surface area contributed by atoms with Crippen LogP contribution in [0.15, 0.2) is 6.20 Å². The van der Waals surface area contributed by atoms with Crippen molar-refractivity contribution in [1.82, 2.24) is 25.1 Å². The summed E-state index contributed by atoms with van der Waals surface area (Å²) < 4.78 is 10.2. The number of aromatic nitrogens is 5. The number of nitrogens with zero attached hydrogens (tertiary/aromatic N) is 5. The Bertz CT molecular complexity index is 607. The molecule has 2 aromatic rings. The zero-order valence-corrected chi connectivity index (χ0v) is 12.3. The Morgan fingerprint density at radius 1 is 1.19 bits per heavy atom. The number of ether oxygens (including phenoxy) is 2. The molecule has 3 rings (SSSR count). The van der Waals surface area contributed by atoms with Crippen LogP contribution in [0.4, 0.5) is 5.95 Å². The third kappa shape index (κ3) is 2.48. The van der Waals surface area contributed by atoms with E-state index >= 15 is 0 Å². The van der Waals surface area contributed by atoms with Crippen molar-refractivity contribution < 1.29 is 9.47 Å². The Morgan fingerprint density at radius 3 is 2.48 bits per heavy atom. The lowest BCUT2D eigenvalue weighted by Gasteiger charge is -2.24. The van der Waals surface area contributed by atoms with E-state index in [9.17, 15) is 0 Å². The lowest BCUT2D eigenvalue weighted by Crippen LogP contribution is -2.26. The molecule has 0 saturated carbocycles. The van der Waals surface area contributed by atoms with Gasteiger partial charge in [0.1, 0.15) is 0 Å². The Balaban J connectivity index is 1.97. The predicted molar refractivity (Wildman–Crippen MR) is 75.6 cm³/mol. The molecule has 2 aromatic heterocycles. The van der Waals surface area contributed by atoms with Gasteiger partial charge in [0, 0.05) is 6.54 Å². The molecule has 112 valence electrons. The third-order valence-electron chi connectivity index (χ3n) is 3.66. The van der Waals surface area contributed by atoms with Crippen LogP contribution in [-0.2, 0) is 0 Å². The maximum Gasteiger partial charge on any atom is 0.324 e. The van der Waals surface area contributed by atoms with Gasteiger partial charge >= 0.3 is 12.0 Å². The Kier molecular flexibility index (Phi) is 3.59. The van der Waals surface area contributed by atoms with E-state index in [1.54, 1.807) is 0 Å². The van der Waals surface area contributed by atoms with Crippen LogP contribution in [0.25, 0.3) is 0 Å². The maximum atomic E-state index is 5.12. The van der Waals surface area contributed by atoms with E-state index < -0.39 is 0 Å². The van der Waals surface area contributed by atoms with E-state index in [2.05, 4.69) is 30.0 Å². The largest absolute Gasteiger partial charge is 0.467 e. The molecule has 21 heavy (non-hydrogen) atoms. The highest BCUT2D eigenvalue weighted by molar-refractivity contribution is 5.39. The number of aromatic amines is 1. The van der Waals surface area contributed by atoms with Gasteiger partial charge in [-0.05, 0) is 25.3 Å². The summed E-state index contributed by atoms with van der Waals surface area (Å²) >= 11 is 0. The fourth-order valence-corrected chi connectivity index (χ4v) is 2.64. The number of hydrogen-bond acceptors (Lipinski definition) is 7. The average Bonchev–Trinajstić information content (AvgIpc) is 3.14. The van der Waals surface area contributed by atoms with Crippen molar-refractivity contribution >= 4 is 5.95 Å². The van der Waals surface area contributed by atoms with Crippen LogP contribution in [0.1, 0.15) is 30.1 Å². The fourth-order valence-electron chi connectivity index (χ4n) is 2.64. The van der Waals surface area contributed by atoms with Gasteiger partial charge in [0.25, 0.3) is 0 Å². The molecule has 1 atom stereocenters. The van der Waals surface area contributed by atoms with Crippen LogP contribution in [0, 0.1) is 6.92 Å². The average molecular weight is 290 g/mol. The number of nitrogens with one attached hydrogen (secondary N) is 1. The van der Waals surface area contributed by atoms with Gasteiger partial charge < -0.3 is 14.4 Å². The molecule has 1 fully saturated rings. The van der Waals surface area contributed by atoms with Crippen LogP contribution < -0.4 is 14.4 Å². The molecule has 0 aromatic carbocycles. The molecule has 8 heteroatoms. The summed E-state index contributed by atoms with van der Waals surface area (Å²) in [5.74, 6) is 0.565. The van der Waals surface area contributed by atoms with E-state index in [0.717, 1.165) is 30.6 Å². The normalized spacial score (nSPS) is 18.0. The molecular weight excluding hydrogens is 272 g/mol. The van der Waals surface area contributed by atoms with E-state index in [4.69, 9.17) is 9.47 Å². The zero-order chi connectivity index (χ0) is 14.8. The highest BCUT2D eigenvalue weighted by Crippen LogP contribution is 2.35. The van der Waals surface area contributed by atoms with Crippen LogP contribution >= 0.6 is 0 Å². The van der Waals surface area contributed by atoms with Gasteiger partial charge in [-0.1, -0.05) is 0 Å². The summed E-state index contributed by atoms with van der Waals surface area (Å²) in [6, 6.07) is 0.692. The number of hydrogen-bond donors (Lipinski definition) is 1. The first-order chi connectivity index (χ1) is 10.2. The van der Waals surface area contributed by atoms with Gasteiger partial charge in [-0.3, -0.25) is 5.10 Å². The minimum Gasteiger partial charge on any atom is -0.467 e. The highest BCUT2D eigenvalue weighted by Gasteiger charge is 2.31. The molecule has 0 radical (unpaired) electrons. The second kappa shape index (κ2) is 5.55. The van der Waals surface area contributed by atoms with E-state index in [0.29, 0.717) is 5.95 Å². The van der Waals surface area contributed by atoms with E-state index in [-0.39, 0.29) is 18.1 Å². The molecule has 0 aliphatic carbocycles. The summed E-state index contributed by atoms with van der Waals surface area (Å²) in [6.07, 6.45) is 3.93. The van der Waals surface area contributed by atoms with Crippen LogP contribution in [-0.4, -0.2) is 45.9 Å². The van der Waals surface area contributed by atoms with Crippen molar-refractivity contribution in [3.8, 4) is 12.0 Å². The van der Waals surface area contributed by atoms with E-state index in [1.165, 1.54) is 14.2 Å². The smallest absolute Gasteiger partial charge is 0.324 e. The van der Waals surface area contributed by atoms with E-state index in [1.807, 2.05) is 13.1 Å². The van der Waals surface area contributed by atoms with Gasteiger partial charge in [0.2, 0.25) is 5.95 Å². The van der Waals surface area contributed by atoms with Crippen molar-refractivity contribution in [2.24, 2.45) is 0 Å². The number of H-pyrrole nitrogens is 1. The second-order valence-electron chi connectivity index (χ2n) is 4.93. The molecule has 0 bridgehead atoms. The summed E-state index contributed by atoms with van der Waals surface area (Å²) in [7, 11) is 3.05. The lowest BCUT2D eigenvalue weighted by atomic mass is 10.1. The molecule has 3 heterocycles. The molecule has 1 saturated heterocycles. The standard InChI is InChI=1S/C13H18N6O2/c1-8-7-14-18-10(8)9-5-4-6-19(9)11-15-12(20-2)17-13(16-11)21-3/h7,9H,4-6H2,1-3H3,(H,14,18). The van der Waals surface area contributed by atoms with Gasteiger partial charge in [-0.15, -0.1) is 4.98 Å². The number of aryl methyl sites for hydroxylation is 1. The number of rotatable bonds is 4. The van der Waals surface area contributed by atoms with Crippen LogP contribution in [0.5, 0.6) is 12.0 Å². The van der Waals surface area contributed by atoms with Gasteiger partial charge in [0.05, 0.1) is 32.2 Å². The molecule has 0 amide bonds. The van der Waals surface area contributed by atoms with Crippen molar-refractivity contribution in [3.05, 3.63) is 17.5 Å². The molecular formula is C13H18N6O2. The van der Waals surface area contributed by atoms with Crippen LogP contribution in [0.3, 0.4) is 0 Å². The molecule has 1 aliphatic rings. The maximum absolute atomic E-state index is 5.12. The van der Waals surface area contributed by atoms with Gasteiger partial charge in [0.15, 0.2) is 0 Å². The van der Waals surface area contributed by atoms with Crippen LogP contribution in [0.2, 0.25) is 0 Å². The van der Waals surface area contributed by atoms with Gasteiger partial charge in [-0.2, -0.15) is 15.1 Å². The quantitative estimate of drug-likeness (QED) is 0.906. The minimum atomic E-state index is 0.185. The van der Waals surface area contributed by atoms with Crippen molar-refractivity contribution in [3.63, 3.8) is 0 Å². The van der Waals surface area contributed by atoms with Crippen molar-refractivity contribution in [2.75, 3.05) is 25.7 Å². The summed E-state index contributed by atoms with van der Waals surface area (Å²) in [6.45, 7) is 2.92. The number of methoxy groups -OCH3 is 2. The Morgan fingerprint density at radius 2 is 1.90 bits per heavy atom. The fraction of sp³-hybridized carbons (Fsp3) is 0.538. The zero-order valence-electron chi connectivity index (χ0n) is 12.3. The predicted octanol–water partition coefficient (Wildman–Crippen LogP) is 1.26. The summed E-state index contributed by atoms with van der Waals surface area (Å²) in [5, 5.41) is 7.19. The molecule has 1 aliphatic heterocycles. The Labute approximate surface area is 122 Å². The van der Waals surface area contributed by atoms with Gasteiger partial charge in [-0.25, -0.2) is 0 Å². The topological polar surface area (TPSA) is 89.0 Å². The molecule has 8 nitrogen and oxygen atoms in total. The van der Waals surface area contributed by atoms with Crippen molar-refractivity contribution in [1.29, 1.82) is 0 Å². The molecule has 1 N–H and O–H groups in total. The Hall–Kier alpha value is -2.38. The second-order valence-corrected chi connectivity index (χ2v) is 4.93. The summed E-state index contributed by atoms with van der Waals surface area (Å²) in [4.78, 5) is 14.8. The highest BCUT2D eigenvalue weighted by atomic mass is 16.5. The first kappa shape index (κ1) is 13.6.